The molecule has 2 aliphatic rings. The van der Waals surface area contributed by atoms with Crippen LogP contribution in [0.25, 0.3) is 0 Å². The highest BCUT2D eigenvalue weighted by molar-refractivity contribution is 5.94. The third kappa shape index (κ3) is 2.75. The number of carbonyl (C=O) groups excluding carboxylic acids is 1. The van der Waals surface area contributed by atoms with Gasteiger partial charge in [0.2, 0.25) is 5.91 Å². The summed E-state index contributed by atoms with van der Waals surface area (Å²) in [6, 6.07) is 6.15. The van der Waals surface area contributed by atoms with Crippen molar-refractivity contribution < 1.29 is 14.3 Å². The fourth-order valence-corrected chi connectivity index (χ4v) is 4.05. The number of ether oxygens (including phenoxy) is 2. The molecule has 0 radical (unpaired) electrons. The maximum atomic E-state index is 12.4. The summed E-state index contributed by atoms with van der Waals surface area (Å²) in [7, 11) is 3.27. The molecular weight excluding hydrogens is 318 g/mol. The summed E-state index contributed by atoms with van der Waals surface area (Å²) in [5.41, 5.74) is 2.06. The van der Waals surface area contributed by atoms with Crippen LogP contribution in [-0.2, 0) is 4.79 Å². The molecule has 25 heavy (non-hydrogen) atoms. The number of carbonyl (C=O) groups is 1. The highest BCUT2D eigenvalue weighted by atomic mass is 16.5. The smallest absolute Gasteiger partial charge is 0.226 e. The number of nitrogens with one attached hydrogen (secondary N) is 1. The Labute approximate surface area is 147 Å². The van der Waals surface area contributed by atoms with Crippen molar-refractivity contribution in [3.8, 4) is 11.5 Å². The molecule has 1 saturated carbocycles. The average molecular weight is 341 g/mol. The van der Waals surface area contributed by atoms with Gasteiger partial charge < -0.3 is 14.8 Å². The largest absolute Gasteiger partial charge is 0.497 e. The zero-order valence-corrected chi connectivity index (χ0v) is 14.6. The Hall–Kier alpha value is -2.50. The van der Waals surface area contributed by atoms with Crippen molar-refractivity contribution in [2.75, 3.05) is 19.5 Å². The predicted octanol–water partition coefficient (Wildman–Crippen LogP) is 3.49. The lowest BCUT2D eigenvalue weighted by Crippen LogP contribution is -2.25. The second-order valence-corrected chi connectivity index (χ2v) is 6.74. The first kappa shape index (κ1) is 16.0. The first-order valence-corrected chi connectivity index (χ1v) is 8.80. The van der Waals surface area contributed by atoms with Gasteiger partial charge in [-0.15, -0.1) is 0 Å². The van der Waals surface area contributed by atoms with E-state index in [1.807, 2.05) is 29.1 Å². The minimum absolute atomic E-state index is 0.0233. The summed E-state index contributed by atoms with van der Waals surface area (Å²) < 4.78 is 12.9. The van der Waals surface area contributed by atoms with E-state index < -0.39 is 0 Å². The number of amides is 1. The summed E-state index contributed by atoms with van der Waals surface area (Å²) in [4.78, 5) is 12.4. The molecule has 1 N–H and O–H groups in total. The van der Waals surface area contributed by atoms with Gasteiger partial charge in [0.25, 0.3) is 0 Å². The molecule has 1 aliphatic heterocycles. The molecule has 1 amide bonds. The van der Waals surface area contributed by atoms with Crippen LogP contribution in [0, 0.1) is 0 Å². The van der Waals surface area contributed by atoms with E-state index in [9.17, 15) is 4.79 Å². The Kier molecular flexibility index (Phi) is 4.11. The third-order valence-electron chi connectivity index (χ3n) is 5.33. The number of nitrogens with zero attached hydrogens (tertiary/aromatic N) is 2. The van der Waals surface area contributed by atoms with E-state index in [0.717, 1.165) is 41.3 Å². The van der Waals surface area contributed by atoms with Gasteiger partial charge in [-0.2, -0.15) is 5.10 Å². The summed E-state index contributed by atoms with van der Waals surface area (Å²) >= 11 is 0. The third-order valence-corrected chi connectivity index (χ3v) is 5.33. The second kappa shape index (κ2) is 6.43. The average Bonchev–Trinajstić information content (AvgIpc) is 3.29. The first-order chi connectivity index (χ1) is 12.2. The van der Waals surface area contributed by atoms with Gasteiger partial charge in [0, 0.05) is 29.5 Å². The van der Waals surface area contributed by atoms with Gasteiger partial charge in [0.1, 0.15) is 17.3 Å². The summed E-state index contributed by atoms with van der Waals surface area (Å²) in [5.74, 6) is 2.29. The van der Waals surface area contributed by atoms with E-state index in [2.05, 4.69) is 10.4 Å². The molecule has 2 aromatic rings. The van der Waals surface area contributed by atoms with Crippen molar-refractivity contribution in [1.29, 1.82) is 0 Å². The summed E-state index contributed by atoms with van der Waals surface area (Å²) in [6.45, 7) is 0. The zero-order valence-electron chi connectivity index (χ0n) is 14.6. The fourth-order valence-electron chi connectivity index (χ4n) is 4.05. The molecule has 132 valence electrons. The van der Waals surface area contributed by atoms with Crippen LogP contribution < -0.4 is 14.8 Å². The first-order valence-electron chi connectivity index (χ1n) is 8.80. The lowest BCUT2D eigenvalue weighted by molar-refractivity contribution is -0.116. The number of benzene rings is 1. The molecule has 1 aliphatic carbocycles. The Morgan fingerprint density at radius 2 is 1.96 bits per heavy atom. The Morgan fingerprint density at radius 1 is 1.16 bits per heavy atom. The van der Waals surface area contributed by atoms with Gasteiger partial charge in [-0.3, -0.25) is 4.79 Å². The van der Waals surface area contributed by atoms with Crippen molar-refractivity contribution in [2.45, 2.75) is 44.1 Å². The van der Waals surface area contributed by atoms with Crippen LogP contribution in [-0.4, -0.2) is 29.9 Å². The monoisotopic (exact) mass is 341 g/mol. The molecular formula is C19H23N3O3. The molecule has 1 fully saturated rings. The van der Waals surface area contributed by atoms with Crippen LogP contribution in [0.2, 0.25) is 0 Å². The van der Waals surface area contributed by atoms with Crippen LogP contribution in [0.1, 0.15) is 55.2 Å². The maximum absolute atomic E-state index is 12.4. The van der Waals surface area contributed by atoms with Gasteiger partial charge >= 0.3 is 0 Å². The van der Waals surface area contributed by atoms with E-state index in [1.54, 1.807) is 14.2 Å². The van der Waals surface area contributed by atoms with Crippen LogP contribution in [0.15, 0.2) is 24.4 Å². The van der Waals surface area contributed by atoms with Crippen molar-refractivity contribution in [3.63, 3.8) is 0 Å². The summed E-state index contributed by atoms with van der Waals surface area (Å²) in [5, 5.41) is 7.66. The Bertz CT molecular complexity index is 793. The highest BCUT2D eigenvalue weighted by Gasteiger charge is 2.33. The van der Waals surface area contributed by atoms with Gasteiger partial charge in [-0.05, 0) is 18.9 Å². The van der Waals surface area contributed by atoms with Gasteiger partial charge in [-0.1, -0.05) is 18.9 Å². The Morgan fingerprint density at radius 3 is 2.68 bits per heavy atom. The number of fused-ring (bicyclic) bond motifs is 1. The van der Waals surface area contributed by atoms with Crippen molar-refractivity contribution in [1.82, 2.24) is 9.78 Å². The van der Waals surface area contributed by atoms with Crippen molar-refractivity contribution >= 4 is 11.7 Å². The normalized spacial score (nSPS) is 20.2. The molecule has 6 nitrogen and oxygen atoms in total. The van der Waals surface area contributed by atoms with Gasteiger partial charge in [0.15, 0.2) is 0 Å². The summed E-state index contributed by atoms with van der Waals surface area (Å²) in [6.07, 6.45) is 7.00. The molecule has 1 atom stereocenters. The van der Waals surface area contributed by atoms with Crippen molar-refractivity contribution in [2.24, 2.45) is 0 Å². The SMILES string of the molecule is COc1ccc(C2CC(=O)Nc3c2cnn3C2CCCC2)c(OC)c1. The molecule has 0 saturated heterocycles. The van der Waals surface area contributed by atoms with E-state index in [4.69, 9.17) is 9.47 Å². The highest BCUT2D eigenvalue weighted by Crippen LogP contribution is 2.43. The lowest BCUT2D eigenvalue weighted by Gasteiger charge is -2.26. The number of rotatable bonds is 4. The number of aromatic nitrogens is 2. The number of hydrogen-bond acceptors (Lipinski definition) is 4. The van der Waals surface area contributed by atoms with E-state index >= 15 is 0 Å². The molecule has 2 heterocycles. The van der Waals surface area contributed by atoms with Crippen LogP contribution >= 0.6 is 0 Å². The second-order valence-electron chi connectivity index (χ2n) is 6.74. The maximum Gasteiger partial charge on any atom is 0.226 e. The quantitative estimate of drug-likeness (QED) is 0.924. The molecule has 0 bridgehead atoms. The van der Waals surface area contributed by atoms with Crippen LogP contribution in [0.5, 0.6) is 11.5 Å². The van der Waals surface area contributed by atoms with Crippen molar-refractivity contribution in [3.05, 3.63) is 35.5 Å². The molecule has 0 spiro atoms. The van der Waals surface area contributed by atoms with Crippen LogP contribution in [0.3, 0.4) is 0 Å². The standard InChI is InChI=1S/C19H23N3O3/c1-24-13-7-8-14(17(9-13)25-2)15-10-18(23)21-19-16(15)11-20-22(19)12-5-3-4-6-12/h7-9,11-12,15H,3-6,10H2,1-2H3,(H,21,23). The minimum atomic E-state index is -0.0558. The Balaban J connectivity index is 1.77. The molecule has 4 rings (SSSR count). The minimum Gasteiger partial charge on any atom is -0.497 e. The molecule has 1 aromatic carbocycles. The fraction of sp³-hybridized carbons (Fsp3) is 0.474. The van der Waals surface area contributed by atoms with Gasteiger partial charge in [-0.25, -0.2) is 4.68 Å². The number of anilines is 1. The molecule has 6 heteroatoms. The number of hydrogen-bond donors (Lipinski definition) is 1. The van der Waals surface area contributed by atoms with E-state index in [0.29, 0.717) is 12.5 Å². The van der Waals surface area contributed by atoms with Gasteiger partial charge in [0.05, 0.1) is 26.5 Å². The zero-order chi connectivity index (χ0) is 17.4. The number of methoxy groups -OCH3 is 2. The lowest BCUT2D eigenvalue weighted by atomic mass is 9.86. The van der Waals surface area contributed by atoms with Crippen LogP contribution in [0.4, 0.5) is 5.82 Å². The van der Waals surface area contributed by atoms with E-state index in [-0.39, 0.29) is 11.8 Å². The molecule has 1 unspecified atom stereocenters. The van der Waals surface area contributed by atoms with E-state index in [1.165, 1.54) is 12.8 Å². The molecule has 1 aromatic heterocycles. The predicted molar refractivity (Wildman–Crippen MR) is 94.4 cm³/mol. The topological polar surface area (TPSA) is 65.4 Å².